The lowest BCUT2D eigenvalue weighted by Crippen LogP contribution is -1.87. The van der Waals surface area contributed by atoms with Crippen LogP contribution in [-0.4, -0.2) is 0 Å². The maximum absolute atomic E-state index is 9.10. The molecule has 2 aromatic rings. The minimum absolute atomic E-state index is 0.521. The molecule has 3 heteroatoms. The van der Waals surface area contributed by atoms with Crippen LogP contribution < -0.4 is 0 Å². The molecule has 0 aliphatic carbocycles. The van der Waals surface area contributed by atoms with Gasteiger partial charge in [0, 0.05) is 10.6 Å². The zero-order chi connectivity index (χ0) is 13.0. The second-order valence-corrected chi connectivity index (χ2v) is 5.36. The van der Waals surface area contributed by atoms with E-state index in [1.54, 1.807) is 17.8 Å². The van der Waals surface area contributed by atoms with Crippen LogP contribution in [0.1, 0.15) is 16.7 Å². The molecule has 0 aliphatic heterocycles. The highest BCUT2D eigenvalue weighted by atomic mass is 35.5. The number of aryl methyl sites for hydroxylation is 1. The fourth-order valence-corrected chi connectivity index (χ4v) is 3.04. The molecule has 1 nitrogen and oxygen atoms in total. The molecule has 0 N–H and O–H groups in total. The number of nitriles is 1. The first-order chi connectivity index (χ1) is 8.72. The van der Waals surface area contributed by atoms with Crippen LogP contribution in [0.5, 0.6) is 0 Å². The number of hydrogen-bond donors (Lipinski definition) is 0. The van der Waals surface area contributed by atoms with Crippen LogP contribution in [0.2, 0.25) is 5.02 Å². The summed E-state index contributed by atoms with van der Waals surface area (Å²) in [5, 5.41) is 9.62. The van der Waals surface area contributed by atoms with E-state index in [1.165, 1.54) is 11.1 Å². The van der Waals surface area contributed by atoms with Gasteiger partial charge < -0.3 is 0 Å². The Labute approximate surface area is 116 Å². The molecular weight excluding hydrogens is 262 g/mol. The minimum atomic E-state index is 0.521. The van der Waals surface area contributed by atoms with Crippen molar-refractivity contribution in [2.24, 2.45) is 0 Å². The summed E-state index contributed by atoms with van der Waals surface area (Å²) >= 11 is 7.65. The Bertz CT molecular complexity index is 602. The van der Waals surface area contributed by atoms with E-state index in [2.05, 4.69) is 25.1 Å². The molecule has 90 valence electrons. The predicted octanol–water partition coefficient (Wildman–Crippen LogP) is 4.81. The number of nitrogens with zero attached hydrogens (tertiary/aromatic N) is 1. The lowest BCUT2D eigenvalue weighted by atomic mass is 10.1. The summed E-state index contributed by atoms with van der Waals surface area (Å²) in [7, 11) is 0. The Morgan fingerprint density at radius 2 is 1.94 bits per heavy atom. The van der Waals surface area contributed by atoms with Crippen molar-refractivity contribution in [3.8, 4) is 6.07 Å². The summed E-state index contributed by atoms with van der Waals surface area (Å²) in [6, 6.07) is 16.0. The van der Waals surface area contributed by atoms with Crippen molar-refractivity contribution in [1.29, 1.82) is 5.26 Å². The average Bonchev–Trinajstić information content (AvgIpc) is 2.38. The van der Waals surface area contributed by atoms with E-state index in [1.807, 2.05) is 24.3 Å². The smallest absolute Gasteiger partial charge is 0.102 e. The van der Waals surface area contributed by atoms with Crippen molar-refractivity contribution < 1.29 is 0 Å². The van der Waals surface area contributed by atoms with E-state index >= 15 is 0 Å². The van der Waals surface area contributed by atoms with Gasteiger partial charge in [0.2, 0.25) is 0 Å². The van der Waals surface area contributed by atoms with Crippen LogP contribution in [-0.2, 0) is 5.75 Å². The average molecular weight is 274 g/mol. The molecule has 0 amide bonds. The molecule has 2 rings (SSSR count). The molecule has 0 aromatic heterocycles. The van der Waals surface area contributed by atoms with E-state index in [0.29, 0.717) is 10.6 Å². The van der Waals surface area contributed by atoms with Crippen LogP contribution in [0, 0.1) is 18.3 Å². The first kappa shape index (κ1) is 13.0. The van der Waals surface area contributed by atoms with Crippen LogP contribution in [0.15, 0.2) is 47.4 Å². The van der Waals surface area contributed by atoms with Gasteiger partial charge in [-0.1, -0.05) is 41.9 Å². The van der Waals surface area contributed by atoms with Gasteiger partial charge in [0.05, 0.1) is 10.6 Å². The fraction of sp³-hybridized carbons (Fsp3) is 0.133. The van der Waals surface area contributed by atoms with Gasteiger partial charge in [-0.15, -0.1) is 11.8 Å². The summed E-state index contributed by atoms with van der Waals surface area (Å²) in [5.41, 5.74) is 3.12. The topological polar surface area (TPSA) is 23.8 Å². The maximum Gasteiger partial charge on any atom is 0.102 e. The number of benzene rings is 2. The Kier molecular flexibility index (Phi) is 4.30. The molecule has 0 saturated carbocycles. The summed E-state index contributed by atoms with van der Waals surface area (Å²) in [4.78, 5) is 0.938. The molecule has 2 aromatic carbocycles. The van der Waals surface area contributed by atoms with Crippen LogP contribution in [0.25, 0.3) is 0 Å². The molecule has 0 aliphatic rings. The Balaban J connectivity index is 2.19. The predicted molar refractivity (Wildman–Crippen MR) is 76.9 cm³/mol. The lowest BCUT2D eigenvalue weighted by molar-refractivity contribution is 1.29. The number of thioether (sulfide) groups is 1. The number of hydrogen-bond acceptors (Lipinski definition) is 2. The first-order valence-electron chi connectivity index (χ1n) is 5.58. The highest BCUT2D eigenvalue weighted by Gasteiger charge is 2.07. The molecule has 0 spiro atoms. The molecule has 0 bridgehead atoms. The largest absolute Gasteiger partial charge is 0.192 e. The second kappa shape index (κ2) is 5.95. The van der Waals surface area contributed by atoms with E-state index in [0.717, 1.165) is 10.6 Å². The van der Waals surface area contributed by atoms with E-state index in [9.17, 15) is 0 Å². The lowest BCUT2D eigenvalue weighted by Gasteiger charge is -2.07. The fourth-order valence-electron chi connectivity index (χ4n) is 1.66. The highest BCUT2D eigenvalue weighted by Crippen LogP contribution is 2.30. The third-order valence-electron chi connectivity index (χ3n) is 2.73. The van der Waals surface area contributed by atoms with Crippen LogP contribution in [0.4, 0.5) is 0 Å². The molecule has 18 heavy (non-hydrogen) atoms. The zero-order valence-electron chi connectivity index (χ0n) is 9.98. The maximum atomic E-state index is 9.10. The molecule has 0 unspecified atom stereocenters. The standard InChI is InChI=1S/C15H12ClNS/c1-11-5-2-3-6-12(11)10-18-15-8-4-7-14(16)13(15)9-17/h2-8H,10H2,1H3. The van der Waals surface area contributed by atoms with Gasteiger partial charge >= 0.3 is 0 Å². The van der Waals surface area contributed by atoms with Gasteiger partial charge in [-0.2, -0.15) is 5.26 Å². The van der Waals surface area contributed by atoms with E-state index < -0.39 is 0 Å². The quantitative estimate of drug-likeness (QED) is 0.749. The van der Waals surface area contributed by atoms with Gasteiger partial charge in [-0.3, -0.25) is 0 Å². The van der Waals surface area contributed by atoms with Crippen LogP contribution >= 0.6 is 23.4 Å². The minimum Gasteiger partial charge on any atom is -0.192 e. The van der Waals surface area contributed by atoms with Crippen molar-refractivity contribution >= 4 is 23.4 Å². The van der Waals surface area contributed by atoms with Gasteiger partial charge in [0.15, 0.2) is 0 Å². The van der Waals surface area contributed by atoms with Gasteiger partial charge in [-0.25, -0.2) is 0 Å². The zero-order valence-corrected chi connectivity index (χ0v) is 11.6. The Hall–Kier alpha value is -1.43. The van der Waals surface area contributed by atoms with Gasteiger partial charge in [0.1, 0.15) is 6.07 Å². The molecule has 0 atom stereocenters. The molecule has 0 fully saturated rings. The van der Waals surface area contributed by atoms with E-state index in [4.69, 9.17) is 16.9 Å². The molecular formula is C15H12ClNS. The first-order valence-corrected chi connectivity index (χ1v) is 6.94. The van der Waals surface area contributed by atoms with Crippen molar-refractivity contribution in [3.63, 3.8) is 0 Å². The Morgan fingerprint density at radius 3 is 2.67 bits per heavy atom. The normalized spacial score (nSPS) is 10.1. The van der Waals surface area contributed by atoms with Crippen molar-refractivity contribution in [3.05, 3.63) is 64.2 Å². The van der Waals surface area contributed by atoms with Gasteiger partial charge in [0.25, 0.3) is 0 Å². The summed E-state index contributed by atoms with van der Waals surface area (Å²) in [5.74, 6) is 0.849. The van der Waals surface area contributed by atoms with Gasteiger partial charge in [-0.05, 0) is 30.2 Å². The molecule has 0 heterocycles. The SMILES string of the molecule is Cc1ccccc1CSc1cccc(Cl)c1C#N. The van der Waals surface area contributed by atoms with Crippen molar-refractivity contribution in [1.82, 2.24) is 0 Å². The number of halogens is 1. The highest BCUT2D eigenvalue weighted by molar-refractivity contribution is 7.98. The Morgan fingerprint density at radius 1 is 1.17 bits per heavy atom. The number of rotatable bonds is 3. The third kappa shape index (κ3) is 2.87. The summed E-state index contributed by atoms with van der Waals surface area (Å²) in [6.45, 7) is 2.10. The van der Waals surface area contributed by atoms with E-state index in [-0.39, 0.29) is 0 Å². The monoisotopic (exact) mass is 273 g/mol. The second-order valence-electron chi connectivity index (χ2n) is 3.94. The summed E-state index contributed by atoms with van der Waals surface area (Å²) in [6.07, 6.45) is 0. The third-order valence-corrected chi connectivity index (χ3v) is 4.15. The molecule has 0 radical (unpaired) electrons. The molecule has 0 saturated heterocycles. The van der Waals surface area contributed by atoms with Crippen molar-refractivity contribution in [2.45, 2.75) is 17.6 Å². The summed E-state index contributed by atoms with van der Waals surface area (Å²) < 4.78 is 0. The van der Waals surface area contributed by atoms with Crippen molar-refractivity contribution in [2.75, 3.05) is 0 Å². The van der Waals surface area contributed by atoms with Crippen LogP contribution in [0.3, 0.4) is 0 Å².